The summed E-state index contributed by atoms with van der Waals surface area (Å²) in [6.07, 6.45) is 2.94. The Kier molecular flexibility index (Phi) is 7.19. The molecule has 0 aliphatic carbocycles. The molecule has 0 saturated carbocycles. The lowest BCUT2D eigenvalue weighted by molar-refractivity contribution is -0.129. The van der Waals surface area contributed by atoms with Gasteiger partial charge in [0.15, 0.2) is 0 Å². The number of ether oxygens (including phenoxy) is 1. The molecule has 1 heterocycles. The molecule has 1 N–H and O–H groups in total. The van der Waals surface area contributed by atoms with Crippen LogP contribution in [0.25, 0.3) is 6.08 Å². The van der Waals surface area contributed by atoms with Gasteiger partial charge in [-0.05, 0) is 42.0 Å². The van der Waals surface area contributed by atoms with Crippen LogP contribution in [-0.2, 0) is 14.3 Å². The topological polar surface area (TPSA) is 85.7 Å². The van der Waals surface area contributed by atoms with E-state index in [0.29, 0.717) is 16.8 Å². The van der Waals surface area contributed by atoms with Crippen LogP contribution < -0.4 is 10.2 Å². The predicted molar refractivity (Wildman–Crippen MR) is 116 cm³/mol. The van der Waals surface area contributed by atoms with E-state index in [2.05, 4.69) is 16.3 Å². The van der Waals surface area contributed by atoms with E-state index in [1.807, 2.05) is 24.3 Å². The van der Waals surface area contributed by atoms with Gasteiger partial charge in [0.2, 0.25) is 11.8 Å². The first-order valence-electron chi connectivity index (χ1n) is 9.72. The van der Waals surface area contributed by atoms with Crippen LogP contribution in [0.15, 0.2) is 54.6 Å². The fourth-order valence-electron chi connectivity index (χ4n) is 3.10. The summed E-state index contributed by atoms with van der Waals surface area (Å²) < 4.78 is 5.36. The van der Waals surface area contributed by atoms with Crippen molar-refractivity contribution < 1.29 is 14.3 Å². The largest absolute Gasteiger partial charge is 0.378 e. The van der Waals surface area contributed by atoms with Crippen molar-refractivity contribution in [1.82, 2.24) is 4.90 Å². The van der Waals surface area contributed by atoms with Crippen molar-refractivity contribution in [3.8, 4) is 6.07 Å². The van der Waals surface area contributed by atoms with E-state index in [1.165, 1.54) is 11.0 Å². The second kappa shape index (κ2) is 10.2. The molecule has 1 fully saturated rings. The first kappa shape index (κ1) is 21.1. The van der Waals surface area contributed by atoms with Crippen molar-refractivity contribution in [3.63, 3.8) is 0 Å². The second-order valence-corrected chi connectivity index (χ2v) is 6.92. The molecule has 0 unspecified atom stereocenters. The zero-order valence-corrected chi connectivity index (χ0v) is 16.9. The molecule has 0 spiro atoms. The highest BCUT2D eigenvalue weighted by molar-refractivity contribution is 5.98. The number of nitriles is 1. The first-order valence-corrected chi connectivity index (χ1v) is 9.72. The molecule has 1 aliphatic rings. The van der Waals surface area contributed by atoms with Gasteiger partial charge >= 0.3 is 0 Å². The molecule has 0 bridgehead atoms. The standard InChI is InChI=1S/C23H24N4O3/c1-26(23(29)11-6-18-4-2-3-5-19(18)16-24)17-22(28)25-20-7-9-21(10-8-20)27-12-14-30-15-13-27/h2-11H,12-15,17H2,1H3,(H,25,28)/b11-6+. The van der Waals surface area contributed by atoms with Gasteiger partial charge in [-0.1, -0.05) is 18.2 Å². The Morgan fingerprint density at radius 3 is 2.57 bits per heavy atom. The lowest BCUT2D eigenvalue weighted by atomic mass is 10.1. The molecule has 2 amide bonds. The van der Waals surface area contributed by atoms with E-state index in [0.717, 1.165) is 32.0 Å². The summed E-state index contributed by atoms with van der Waals surface area (Å²) >= 11 is 0. The first-order chi connectivity index (χ1) is 14.6. The molecule has 7 nitrogen and oxygen atoms in total. The van der Waals surface area contributed by atoms with E-state index in [4.69, 9.17) is 10.00 Å². The molecule has 154 valence electrons. The van der Waals surface area contributed by atoms with Crippen LogP contribution in [0.5, 0.6) is 0 Å². The molecule has 2 aromatic carbocycles. The maximum Gasteiger partial charge on any atom is 0.246 e. The van der Waals surface area contributed by atoms with Crippen molar-refractivity contribution >= 4 is 29.3 Å². The molecule has 1 aliphatic heterocycles. The number of benzene rings is 2. The van der Waals surface area contributed by atoms with Crippen molar-refractivity contribution in [3.05, 3.63) is 65.7 Å². The summed E-state index contributed by atoms with van der Waals surface area (Å²) in [6, 6.07) is 16.7. The minimum absolute atomic E-state index is 0.0751. The summed E-state index contributed by atoms with van der Waals surface area (Å²) in [6.45, 7) is 3.06. The number of morpholine rings is 1. The number of hydrogen-bond acceptors (Lipinski definition) is 5. The van der Waals surface area contributed by atoms with Crippen LogP contribution in [0.1, 0.15) is 11.1 Å². The molecular formula is C23H24N4O3. The average Bonchev–Trinajstić information content (AvgIpc) is 2.78. The van der Waals surface area contributed by atoms with Crippen molar-refractivity contribution in [2.45, 2.75) is 0 Å². The van der Waals surface area contributed by atoms with Gasteiger partial charge in [-0.2, -0.15) is 5.26 Å². The van der Waals surface area contributed by atoms with Gasteiger partial charge < -0.3 is 19.9 Å². The van der Waals surface area contributed by atoms with Gasteiger partial charge in [-0.15, -0.1) is 0 Å². The van der Waals surface area contributed by atoms with Gasteiger partial charge in [-0.25, -0.2) is 0 Å². The number of rotatable bonds is 6. The van der Waals surface area contributed by atoms with Crippen LogP contribution in [-0.4, -0.2) is 56.6 Å². The summed E-state index contributed by atoms with van der Waals surface area (Å²) in [4.78, 5) is 28.1. The van der Waals surface area contributed by atoms with Crippen LogP contribution in [0, 0.1) is 11.3 Å². The van der Waals surface area contributed by atoms with Crippen molar-refractivity contribution in [1.29, 1.82) is 5.26 Å². The van der Waals surface area contributed by atoms with Gasteiger partial charge in [0.1, 0.15) is 0 Å². The number of likely N-dealkylation sites (N-methyl/N-ethyl adjacent to an activating group) is 1. The molecule has 7 heteroatoms. The highest BCUT2D eigenvalue weighted by Crippen LogP contribution is 2.19. The van der Waals surface area contributed by atoms with E-state index in [-0.39, 0.29) is 18.4 Å². The van der Waals surface area contributed by atoms with Gasteiger partial charge in [-0.3, -0.25) is 9.59 Å². The van der Waals surface area contributed by atoms with Gasteiger partial charge in [0.25, 0.3) is 0 Å². The number of nitrogens with one attached hydrogen (secondary N) is 1. The number of nitrogens with zero attached hydrogens (tertiary/aromatic N) is 3. The lowest BCUT2D eigenvalue weighted by Crippen LogP contribution is -2.36. The molecule has 30 heavy (non-hydrogen) atoms. The highest BCUT2D eigenvalue weighted by Gasteiger charge is 2.13. The maximum atomic E-state index is 12.3. The number of carbonyl (C=O) groups is 2. The molecule has 0 atom stereocenters. The smallest absolute Gasteiger partial charge is 0.246 e. The van der Waals surface area contributed by atoms with Crippen LogP contribution in [0.3, 0.4) is 0 Å². The molecule has 0 aromatic heterocycles. The van der Waals surface area contributed by atoms with E-state index >= 15 is 0 Å². The fraction of sp³-hybridized carbons (Fsp3) is 0.261. The second-order valence-electron chi connectivity index (χ2n) is 6.92. The number of hydrogen-bond donors (Lipinski definition) is 1. The predicted octanol–water partition coefficient (Wildman–Crippen LogP) is 2.51. The summed E-state index contributed by atoms with van der Waals surface area (Å²) in [5, 5.41) is 11.9. The third kappa shape index (κ3) is 5.69. The molecule has 1 saturated heterocycles. The maximum absolute atomic E-state index is 12.3. The zero-order chi connectivity index (χ0) is 21.3. The van der Waals surface area contributed by atoms with Crippen LogP contribution >= 0.6 is 0 Å². The van der Waals surface area contributed by atoms with E-state index < -0.39 is 0 Å². The Bertz CT molecular complexity index is 957. The number of amides is 2. The average molecular weight is 404 g/mol. The molecule has 2 aromatic rings. The molecular weight excluding hydrogens is 380 g/mol. The summed E-state index contributed by atoms with van der Waals surface area (Å²) in [5.41, 5.74) is 2.91. The third-order valence-electron chi connectivity index (χ3n) is 4.77. The normalized spacial score (nSPS) is 13.7. The molecule has 3 rings (SSSR count). The Balaban J connectivity index is 1.52. The van der Waals surface area contributed by atoms with E-state index in [9.17, 15) is 9.59 Å². The SMILES string of the molecule is CN(CC(=O)Nc1ccc(N2CCOCC2)cc1)C(=O)/C=C/c1ccccc1C#N. The minimum Gasteiger partial charge on any atom is -0.378 e. The summed E-state index contributed by atoms with van der Waals surface area (Å²) in [5.74, 6) is -0.601. The highest BCUT2D eigenvalue weighted by atomic mass is 16.5. The number of carbonyl (C=O) groups excluding carboxylic acids is 2. The summed E-state index contributed by atoms with van der Waals surface area (Å²) in [7, 11) is 1.56. The molecule has 0 radical (unpaired) electrons. The minimum atomic E-state index is -0.319. The Hall–Kier alpha value is -3.63. The Labute approximate surface area is 176 Å². The van der Waals surface area contributed by atoms with Crippen LogP contribution in [0.2, 0.25) is 0 Å². The third-order valence-corrected chi connectivity index (χ3v) is 4.77. The zero-order valence-electron chi connectivity index (χ0n) is 16.9. The van der Waals surface area contributed by atoms with Crippen molar-refractivity contribution in [2.24, 2.45) is 0 Å². The quantitative estimate of drug-likeness (QED) is 0.748. The van der Waals surface area contributed by atoms with E-state index in [1.54, 1.807) is 37.4 Å². The monoisotopic (exact) mass is 404 g/mol. The number of anilines is 2. The van der Waals surface area contributed by atoms with Crippen molar-refractivity contribution in [2.75, 3.05) is 50.1 Å². The lowest BCUT2D eigenvalue weighted by Gasteiger charge is -2.28. The van der Waals surface area contributed by atoms with Gasteiger partial charge in [0, 0.05) is 37.6 Å². The van der Waals surface area contributed by atoms with Crippen LogP contribution in [0.4, 0.5) is 11.4 Å². The Morgan fingerprint density at radius 1 is 1.17 bits per heavy atom. The Morgan fingerprint density at radius 2 is 1.87 bits per heavy atom. The van der Waals surface area contributed by atoms with Gasteiger partial charge in [0.05, 0.1) is 31.4 Å². The fourth-order valence-corrected chi connectivity index (χ4v) is 3.10.